The molecule has 0 spiro atoms. The Morgan fingerprint density at radius 1 is 0.719 bits per heavy atom. The van der Waals surface area contributed by atoms with Crippen molar-refractivity contribution < 1.29 is 19.8 Å². The summed E-state index contributed by atoms with van der Waals surface area (Å²) in [5.41, 5.74) is -0.134. The Bertz CT molecular complexity index is 990. The van der Waals surface area contributed by atoms with Crippen molar-refractivity contribution in [2.75, 3.05) is 0 Å². The minimum absolute atomic E-state index is 0.0950. The van der Waals surface area contributed by atoms with Gasteiger partial charge >= 0.3 is 0 Å². The van der Waals surface area contributed by atoms with Crippen LogP contribution in [0.3, 0.4) is 0 Å². The lowest BCUT2D eigenvalue weighted by molar-refractivity contribution is 0.0144. The van der Waals surface area contributed by atoms with E-state index < -0.39 is 11.2 Å². The lowest BCUT2D eigenvalue weighted by Crippen LogP contribution is -2.30. The Kier molecular flexibility index (Phi) is 6.13. The van der Waals surface area contributed by atoms with E-state index >= 15 is 0 Å². The Labute approximate surface area is 190 Å². The summed E-state index contributed by atoms with van der Waals surface area (Å²) in [5.74, 6) is 12.1. The van der Waals surface area contributed by atoms with Gasteiger partial charge in [-0.25, -0.2) is 0 Å². The summed E-state index contributed by atoms with van der Waals surface area (Å²) in [6.45, 7) is 3.69. The van der Waals surface area contributed by atoms with E-state index in [0.29, 0.717) is 36.8 Å². The summed E-state index contributed by atoms with van der Waals surface area (Å²) in [6.07, 6.45) is 5.81. The van der Waals surface area contributed by atoms with E-state index in [-0.39, 0.29) is 34.5 Å². The monoisotopic (exact) mass is 430 g/mol. The van der Waals surface area contributed by atoms with Crippen molar-refractivity contribution in [1.82, 2.24) is 0 Å². The van der Waals surface area contributed by atoms with Gasteiger partial charge in [0.2, 0.25) is 11.6 Å². The topological polar surface area (TPSA) is 74.6 Å². The Morgan fingerprint density at radius 2 is 1.06 bits per heavy atom. The lowest BCUT2D eigenvalue weighted by Gasteiger charge is -2.30. The summed E-state index contributed by atoms with van der Waals surface area (Å²) in [6, 6.07) is 6.84. The quantitative estimate of drug-likeness (QED) is 0.604. The number of aliphatic hydroxyl groups is 2. The lowest BCUT2D eigenvalue weighted by atomic mass is 9.79. The maximum absolute atomic E-state index is 13.2. The first-order valence-electron chi connectivity index (χ1n) is 11.6. The molecular formula is C28H30O4. The van der Waals surface area contributed by atoms with Gasteiger partial charge in [-0.1, -0.05) is 47.9 Å². The second kappa shape index (κ2) is 8.70. The van der Waals surface area contributed by atoms with Gasteiger partial charge in [-0.15, -0.1) is 0 Å². The van der Waals surface area contributed by atoms with Gasteiger partial charge in [0.1, 0.15) is 0 Å². The standard InChI is InChI=1S/C28H30O4/c1-27(31)15-11-19(12-16-27)7-9-23-24(10-8-20-13-17-28(2,32)18-14-20)26(30)22-6-4-3-5-21(22)25(23)29/h3-6,19-20,31-32H,11-18H2,1-2H3. The second-order valence-electron chi connectivity index (χ2n) is 10.0. The van der Waals surface area contributed by atoms with Crippen molar-refractivity contribution in [3.8, 4) is 23.7 Å². The van der Waals surface area contributed by atoms with Crippen LogP contribution in [0.1, 0.15) is 85.9 Å². The van der Waals surface area contributed by atoms with E-state index in [1.54, 1.807) is 24.3 Å². The third-order valence-electron chi connectivity index (χ3n) is 7.05. The van der Waals surface area contributed by atoms with E-state index in [1.807, 2.05) is 13.8 Å². The van der Waals surface area contributed by atoms with Crippen LogP contribution in [-0.4, -0.2) is 33.0 Å². The molecule has 32 heavy (non-hydrogen) atoms. The number of hydrogen-bond acceptors (Lipinski definition) is 4. The van der Waals surface area contributed by atoms with E-state index in [4.69, 9.17) is 0 Å². The summed E-state index contributed by atoms with van der Waals surface area (Å²) >= 11 is 0. The molecule has 0 amide bonds. The molecule has 4 heteroatoms. The van der Waals surface area contributed by atoms with Crippen LogP contribution in [0.2, 0.25) is 0 Å². The molecule has 0 aromatic heterocycles. The maximum atomic E-state index is 13.2. The summed E-state index contributed by atoms with van der Waals surface area (Å²) in [4.78, 5) is 26.5. The fourth-order valence-corrected chi connectivity index (χ4v) is 4.73. The van der Waals surface area contributed by atoms with Crippen molar-refractivity contribution in [3.05, 3.63) is 46.5 Å². The zero-order valence-electron chi connectivity index (χ0n) is 18.8. The Balaban J connectivity index is 1.66. The number of fused-ring (bicyclic) bond motifs is 1. The molecule has 1 aromatic carbocycles. The molecule has 1 aromatic rings. The predicted molar refractivity (Wildman–Crippen MR) is 123 cm³/mol. The number of carbonyl (C=O) groups is 2. The van der Waals surface area contributed by atoms with Crippen molar-refractivity contribution in [1.29, 1.82) is 0 Å². The zero-order valence-corrected chi connectivity index (χ0v) is 18.8. The normalized spacial score (nSPS) is 32.4. The molecule has 0 heterocycles. The number of hydrogen-bond donors (Lipinski definition) is 2. The highest BCUT2D eigenvalue weighted by atomic mass is 16.3. The fourth-order valence-electron chi connectivity index (χ4n) is 4.73. The van der Waals surface area contributed by atoms with Gasteiger partial charge in [-0.2, -0.15) is 0 Å². The average molecular weight is 431 g/mol. The van der Waals surface area contributed by atoms with Crippen molar-refractivity contribution in [2.24, 2.45) is 11.8 Å². The van der Waals surface area contributed by atoms with Crippen LogP contribution < -0.4 is 0 Å². The molecule has 166 valence electrons. The third kappa shape index (κ3) is 4.88. The fraction of sp³-hybridized carbons (Fsp3) is 0.500. The molecule has 0 saturated heterocycles. The minimum Gasteiger partial charge on any atom is -0.390 e. The number of allylic oxidation sites excluding steroid dienone is 2. The highest BCUT2D eigenvalue weighted by Gasteiger charge is 2.32. The van der Waals surface area contributed by atoms with E-state index in [2.05, 4.69) is 23.7 Å². The van der Waals surface area contributed by atoms with Gasteiger partial charge in [0.25, 0.3) is 0 Å². The Morgan fingerprint density at radius 3 is 1.41 bits per heavy atom. The largest absolute Gasteiger partial charge is 0.390 e. The molecule has 0 radical (unpaired) electrons. The molecule has 2 saturated carbocycles. The summed E-state index contributed by atoms with van der Waals surface area (Å²) in [5, 5.41) is 20.3. The molecule has 3 aliphatic rings. The molecule has 2 N–H and O–H groups in total. The number of benzene rings is 1. The number of Topliss-reactive ketones (excluding diaryl/α,β-unsaturated/α-hetero) is 2. The summed E-state index contributed by atoms with van der Waals surface area (Å²) < 4.78 is 0. The molecule has 0 unspecified atom stereocenters. The van der Waals surface area contributed by atoms with Gasteiger partial charge in [0.05, 0.1) is 22.3 Å². The van der Waals surface area contributed by atoms with E-state index in [0.717, 1.165) is 25.7 Å². The Hall–Kier alpha value is -2.66. The number of ketones is 2. The second-order valence-corrected chi connectivity index (χ2v) is 10.0. The molecule has 4 nitrogen and oxygen atoms in total. The van der Waals surface area contributed by atoms with Gasteiger partial charge < -0.3 is 10.2 Å². The number of carbonyl (C=O) groups excluding carboxylic acids is 2. The molecule has 0 atom stereocenters. The first-order valence-corrected chi connectivity index (χ1v) is 11.6. The van der Waals surface area contributed by atoms with Crippen LogP contribution >= 0.6 is 0 Å². The smallest absolute Gasteiger partial charge is 0.203 e. The highest BCUT2D eigenvalue weighted by Crippen LogP contribution is 2.33. The molecule has 4 rings (SSSR count). The molecule has 0 bridgehead atoms. The minimum atomic E-state index is -0.645. The van der Waals surface area contributed by atoms with Gasteiger partial charge in [0, 0.05) is 23.0 Å². The average Bonchev–Trinajstić information content (AvgIpc) is 2.76. The third-order valence-corrected chi connectivity index (χ3v) is 7.05. The van der Waals surface area contributed by atoms with Crippen molar-refractivity contribution in [2.45, 2.75) is 76.4 Å². The maximum Gasteiger partial charge on any atom is 0.203 e. The zero-order chi connectivity index (χ0) is 22.9. The summed E-state index contributed by atoms with van der Waals surface area (Å²) in [7, 11) is 0. The first-order chi connectivity index (χ1) is 15.2. The predicted octanol–water partition coefficient (Wildman–Crippen LogP) is 4.25. The molecular weight excluding hydrogens is 400 g/mol. The van der Waals surface area contributed by atoms with Crippen molar-refractivity contribution >= 4 is 11.6 Å². The van der Waals surface area contributed by atoms with Crippen LogP contribution in [0.5, 0.6) is 0 Å². The highest BCUT2D eigenvalue weighted by molar-refractivity contribution is 6.30. The van der Waals surface area contributed by atoms with Crippen LogP contribution in [0.4, 0.5) is 0 Å². The van der Waals surface area contributed by atoms with Crippen molar-refractivity contribution in [3.63, 3.8) is 0 Å². The molecule has 0 aliphatic heterocycles. The first kappa shape index (κ1) is 22.5. The van der Waals surface area contributed by atoms with E-state index in [9.17, 15) is 19.8 Å². The molecule has 2 fully saturated rings. The molecule has 3 aliphatic carbocycles. The SMILES string of the molecule is CC1(O)CCC(C#CC2=C(C#CC3CCC(C)(O)CC3)C(=O)c3ccccc3C2=O)CC1. The van der Waals surface area contributed by atoms with E-state index in [1.165, 1.54) is 0 Å². The van der Waals surface area contributed by atoms with Gasteiger partial charge in [0.15, 0.2) is 0 Å². The van der Waals surface area contributed by atoms with Crippen LogP contribution in [0, 0.1) is 35.5 Å². The van der Waals surface area contributed by atoms with Crippen LogP contribution in [0.25, 0.3) is 0 Å². The van der Waals surface area contributed by atoms with Gasteiger partial charge in [-0.05, 0) is 65.2 Å². The van der Waals surface area contributed by atoms with Gasteiger partial charge in [-0.3, -0.25) is 9.59 Å². The van der Waals surface area contributed by atoms with Crippen LogP contribution in [0.15, 0.2) is 35.4 Å². The number of rotatable bonds is 0. The van der Waals surface area contributed by atoms with Crippen LogP contribution in [-0.2, 0) is 0 Å².